The van der Waals surface area contributed by atoms with E-state index in [1.165, 1.54) is 48.5 Å². The van der Waals surface area contributed by atoms with Gasteiger partial charge in [-0.15, -0.1) is 0 Å². The highest BCUT2D eigenvalue weighted by Gasteiger charge is 2.10. The number of benzene rings is 2. The summed E-state index contributed by atoms with van der Waals surface area (Å²) in [5.41, 5.74) is 5.09. The molecule has 8 heteroatoms. The second-order valence-electron chi connectivity index (χ2n) is 5.62. The quantitative estimate of drug-likeness (QED) is 0.689. The van der Waals surface area contributed by atoms with E-state index in [1.54, 1.807) is 6.92 Å². The monoisotopic (exact) mass is 363 g/mol. The van der Waals surface area contributed by atoms with Crippen LogP contribution in [0.4, 0.5) is 13.6 Å². The van der Waals surface area contributed by atoms with Crippen LogP contribution in [0.5, 0.6) is 5.75 Å². The third kappa shape index (κ3) is 6.76. The fourth-order valence-corrected chi connectivity index (χ4v) is 2.01. The van der Waals surface area contributed by atoms with Crippen molar-refractivity contribution in [2.75, 3.05) is 6.61 Å². The van der Waals surface area contributed by atoms with Gasteiger partial charge in [-0.2, -0.15) is 0 Å². The highest BCUT2D eigenvalue weighted by atomic mass is 19.1. The molecule has 2 rings (SSSR count). The van der Waals surface area contributed by atoms with Gasteiger partial charge in [0.25, 0.3) is 0 Å². The van der Waals surface area contributed by atoms with E-state index in [2.05, 4.69) is 16.2 Å². The summed E-state index contributed by atoms with van der Waals surface area (Å²) in [7, 11) is 0. The van der Waals surface area contributed by atoms with Crippen molar-refractivity contribution in [2.24, 2.45) is 0 Å². The van der Waals surface area contributed by atoms with Crippen molar-refractivity contribution in [2.45, 2.75) is 19.4 Å². The van der Waals surface area contributed by atoms with Crippen molar-refractivity contribution in [1.29, 1.82) is 0 Å². The fourth-order valence-electron chi connectivity index (χ4n) is 2.01. The molecule has 0 radical (unpaired) electrons. The Bertz CT molecular complexity index is 736. The number of carbonyl (C=O) groups excluding carboxylic acids is 2. The zero-order valence-corrected chi connectivity index (χ0v) is 14.1. The first kappa shape index (κ1) is 19.2. The molecule has 6 nitrogen and oxygen atoms in total. The molecule has 1 unspecified atom stereocenters. The van der Waals surface area contributed by atoms with Crippen molar-refractivity contribution in [3.63, 3.8) is 0 Å². The van der Waals surface area contributed by atoms with Gasteiger partial charge in [0.05, 0.1) is 12.5 Å². The number of halogens is 2. The first-order chi connectivity index (χ1) is 12.4. The average Bonchev–Trinajstić information content (AvgIpc) is 2.61. The van der Waals surface area contributed by atoms with E-state index in [1.807, 2.05) is 0 Å². The number of urea groups is 1. The third-order valence-corrected chi connectivity index (χ3v) is 3.28. The Kier molecular flexibility index (Phi) is 6.90. The van der Waals surface area contributed by atoms with Crippen LogP contribution in [0.15, 0.2) is 48.5 Å². The highest BCUT2D eigenvalue weighted by molar-refractivity contribution is 5.82. The summed E-state index contributed by atoms with van der Waals surface area (Å²) in [5, 5.41) is 2.57. The molecule has 3 N–H and O–H groups in total. The molecule has 0 aliphatic carbocycles. The van der Waals surface area contributed by atoms with Crippen LogP contribution >= 0.6 is 0 Å². The first-order valence-electron chi connectivity index (χ1n) is 7.90. The SMILES string of the molecule is CC(COc1ccc(F)cc1)NC(=O)NNC(=O)Cc1ccc(F)cc1. The largest absolute Gasteiger partial charge is 0.491 e. The molecule has 0 aliphatic rings. The summed E-state index contributed by atoms with van der Waals surface area (Å²) in [6.45, 7) is 1.88. The molecule has 0 saturated heterocycles. The molecule has 0 aromatic heterocycles. The highest BCUT2D eigenvalue weighted by Crippen LogP contribution is 2.11. The Labute approximate surface area is 149 Å². The van der Waals surface area contributed by atoms with Gasteiger partial charge in [-0.25, -0.2) is 19.0 Å². The van der Waals surface area contributed by atoms with Gasteiger partial charge in [0.15, 0.2) is 0 Å². The van der Waals surface area contributed by atoms with Gasteiger partial charge < -0.3 is 10.1 Å². The number of amides is 3. The molecular weight excluding hydrogens is 344 g/mol. The van der Waals surface area contributed by atoms with Gasteiger partial charge in [-0.1, -0.05) is 12.1 Å². The molecule has 2 aromatic carbocycles. The van der Waals surface area contributed by atoms with Gasteiger partial charge in [0.2, 0.25) is 5.91 Å². The van der Waals surface area contributed by atoms with Crippen molar-refractivity contribution in [3.05, 3.63) is 65.7 Å². The minimum absolute atomic E-state index is 0.00376. The van der Waals surface area contributed by atoms with Crippen LogP contribution in [0.25, 0.3) is 0 Å². The molecule has 0 heterocycles. The van der Waals surface area contributed by atoms with Crippen LogP contribution in [0.1, 0.15) is 12.5 Å². The number of carbonyl (C=O) groups is 2. The number of hydrogen-bond donors (Lipinski definition) is 3. The Balaban J connectivity index is 1.66. The molecule has 138 valence electrons. The van der Waals surface area contributed by atoms with Crippen molar-refractivity contribution < 1.29 is 23.1 Å². The minimum Gasteiger partial charge on any atom is -0.491 e. The molecule has 26 heavy (non-hydrogen) atoms. The number of hydrazine groups is 1. The molecule has 0 aliphatic heterocycles. The lowest BCUT2D eigenvalue weighted by molar-refractivity contribution is -0.121. The molecule has 0 fully saturated rings. The third-order valence-electron chi connectivity index (χ3n) is 3.28. The van der Waals surface area contributed by atoms with Crippen LogP contribution in [0.2, 0.25) is 0 Å². The van der Waals surface area contributed by atoms with Gasteiger partial charge in [0, 0.05) is 0 Å². The molecule has 0 bridgehead atoms. The van der Waals surface area contributed by atoms with Crippen molar-refractivity contribution in [1.82, 2.24) is 16.2 Å². The predicted molar refractivity (Wildman–Crippen MR) is 91.3 cm³/mol. The summed E-state index contributed by atoms with van der Waals surface area (Å²) < 4.78 is 31.0. The first-order valence-corrected chi connectivity index (χ1v) is 7.90. The van der Waals surface area contributed by atoms with Crippen LogP contribution in [0.3, 0.4) is 0 Å². The maximum Gasteiger partial charge on any atom is 0.333 e. The summed E-state index contributed by atoms with van der Waals surface area (Å²) >= 11 is 0. The maximum absolute atomic E-state index is 12.8. The van der Waals surface area contributed by atoms with E-state index >= 15 is 0 Å². The van der Waals surface area contributed by atoms with E-state index in [0.29, 0.717) is 11.3 Å². The molecule has 1 atom stereocenters. The van der Waals surface area contributed by atoms with Crippen LogP contribution in [-0.4, -0.2) is 24.6 Å². The number of rotatable bonds is 6. The fraction of sp³-hybridized carbons (Fsp3) is 0.222. The molecular formula is C18H19F2N3O3. The van der Waals surface area contributed by atoms with Crippen molar-refractivity contribution >= 4 is 11.9 Å². The lowest BCUT2D eigenvalue weighted by Crippen LogP contribution is -2.50. The zero-order valence-electron chi connectivity index (χ0n) is 14.1. The summed E-state index contributed by atoms with van der Waals surface area (Å²) in [6.07, 6.45) is 0.00376. The number of hydrogen-bond acceptors (Lipinski definition) is 3. The Morgan fingerprint density at radius 1 is 0.962 bits per heavy atom. The van der Waals surface area contributed by atoms with Crippen LogP contribution in [0, 0.1) is 11.6 Å². The minimum atomic E-state index is -0.604. The van der Waals surface area contributed by atoms with E-state index in [4.69, 9.17) is 4.74 Å². The van der Waals surface area contributed by atoms with Gasteiger partial charge in [-0.3, -0.25) is 10.2 Å². The molecule has 2 aromatic rings. The van der Waals surface area contributed by atoms with Gasteiger partial charge in [-0.05, 0) is 48.9 Å². The number of ether oxygens (including phenoxy) is 1. The average molecular weight is 363 g/mol. The molecule has 0 spiro atoms. The van der Waals surface area contributed by atoms with E-state index in [9.17, 15) is 18.4 Å². The lowest BCUT2D eigenvalue weighted by atomic mass is 10.1. The normalized spacial score (nSPS) is 11.3. The zero-order chi connectivity index (χ0) is 18.9. The van der Waals surface area contributed by atoms with E-state index in [0.717, 1.165) is 0 Å². The Morgan fingerprint density at radius 3 is 2.15 bits per heavy atom. The predicted octanol–water partition coefficient (Wildman–Crippen LogP) is 2.31. The second-order valence-corrected chi connectivity index (χ2v) is 5.62. The maximum atomic E-state index is 12.8. The summed E-state index contributed by atoms with van der Waals surface area (Å²) in [4.78, 5) is 23.4. The van der Waals surface area contributed by atoms with Crippen LogP contribution in [-0.2, 0) is 11.2 Å². The standard InChI is InChI=1S/C18H19F2N3O3/c1-12(11-26-16-8-6-15(20)7-9-16)21-18(25)23-22-17(24)10-13-2-4-14(19)5-3-13/h2-9,12H,10-11H2,1H3,(H,22,24)(H2,21,23,25). The van der Waals surface area contributed by atoms with Gasteiger partial charge in [0.1, 0.15) is 24.0 Å². The Hall–Kier alpha value is -3.16. The van der Waals surface area contributed by atoms with E-state index < -0.39 is 11.9 Å². The van der Waals surface area contributed by atoms with Crippen molar-refractivity contribution in [3.8, 4) is 5.75 Å². The second kappa shape index (κ2) is 9.36. The summed E-state index contributed by atoms with van der Waals surface area (Å²) in [6, 6.07) is 10.1. The smallest absolute Gasteiger partial charge is 0.333 e. The molecule has 3 amide bonds. The van der Waals surface area contributed by atoms with Crippen LogP contribution < -0.4 is 20.9 Å². The lowest BCUT2D eigenvalue weighted by Gasteiger charge is -2.16. The molecule has 0 saturated carbocycles. The topological polar surface area (TPSA) is 79.5 Å². The number of nitrogens with one attached hydrogen (secondary N) is 3. The Morgan fingerprint density at radius 2 is 1.54 bits per heavy atom. The summed E-state index contributed by atoms with van der Waals surface area (Å²) in [5.74, 6) is -0.710. The van der Waals surface area contributed by atoms with E-state index in [-0.39, 0.29) is 30.7 Å². The van der Waals surface area contributed by atoms with Gasteiger partial charge >= 0.3 is 6.03 Å².